The molecule has 0 spiro atoms. The van der Waals surface area contributed by atoms with Gasteiger partial charge in [0.1, 0.15) is 5.82 Å². The van der Waals surface area contributed by atoms with E-state index in [-0.39, 0.29) is 17.9 Å². The molecule has 10 heteroatoms. The highest BCUT2D eigenvalue weighted by Gasteiger charge is 2.34. The molecule has 2 atom stereocenters. The van der Waals surface area contributed by atoms with Crippen LogP contribution in [-0.2, 0) is 6.18 Å². The van der Waals surface area contributed by atoms with E-state index in [0.29, 0.717) is 30.2 Å². The van der Waals surface area contributed by atoms with Crippen LogP contribution in [0.15, 0.2) is 48.9 Å². The predicted octanol–water partition coefficient (Wildman–Crippen LogP) is 4.34. The zero-order valence-corrected chi connectivity index (χ0v) is 18.4. The lowest BCUT2D eigenvalue weighted by Gasteiger charge is -2.40. The Morgan fingerprint density at radius 2 is 1.94 bits per heavy atom. The summed E-state index contributed by atoms with van der Waals surface area (Å²) in [5.74, 6) is 0.427. The Morgan fingerprint density at radius 1 is 1.18 bits per heavy atom. The van der Waals surface area contributed by atoms with Gasteiger partial charge in [-0.3, -0.25) is 4.79 Å². The fourth-order valence-electron chi connectivity index (χ4n) is 4.18. The zero-order chi connectivity index (χ0) is 23.6. The normalized spacial score (nSPS) is 18.9. The third-order valence-corrected chi connectivity index (χ3v) is 5.98. The van der Waals surface area contributed by atoms with E-state index < -0.39 is 11.7 Å². The van der Waals surface area contributed by atoms with Crippen molar-refractivity contribution in [3.63, 3.8) is 0 Å². The summed E-state index contributed by atoms with van der Waals surface area (Å²) in [7, 11) is 0. The molecule has 33 heavy (non-hydrogen) atoms. The lowest BCUT2D eigenvalue weighted by atomic mass is 9.89. The van der Waals surface area contributed by atoms with Gasteiger partial charge in [0, 0.05) is 19.3 Å². The topological polar surface area (TPSA) is 75.9 Å². The Balaban J connectivity index is 1.55. The largest absolute Gasteiger partial charge is 0.417 e. The monoisotopic (exact) mass is 458 g/mol. The molecule has 174 valence electrons. The van der Waals surface area contributed by atoms with Gasteiger partial charge in [0.05, 0.1) is 35.2 Å². The highest BCUT2D eigenvalue weighted by molar-refractivity contribution is 5.98. The lowest BCUT2D eigenvalue weighted by molar-refractivity contribution is -0.137. The second-order valence-electron chi connectivity index (χ2n) is 8.34. The van der Waals surface area contributed by atoms with Crippen molar-refractivity contribution in [3.05, 3.63) is 65.6 Å². The summed E-state index contributed by atoms with van der Waals surface area (Å²) >= 11 is 0. The minimum atomic E-state index is -4.43. The number of nitrogens with zero attached hydrogens (tertiary/aromatic N) is 5. The summed E-state index contributed by atoms with van der Waals surface area (Å²) in [4.78, 5) is 20.8. The van der Waals surface area contributed by atoms with E-state index in [1.54, 1.807) is 12.4 Å². The zero-order valence-electron chi connectivity index (χ0n) is 18.4. The van der Waals surface area contributed by atoms with E-state index >= 15 is 0 Å². The number of piperidine rings is 1. The van der Waals surface area contributed by atoms with Crippen molar-refractivity contribution < 1.29 is 18.0 Å². The van der Waals surface area contributed by atoms with Crippen LogP contribution in [0.25, 0.3) is 5.69 Å². The summed E-state index contributed by atoms with van der Waals surface area (Å²) in [6.07, 6.45) is 1.33. The average molecular weight is 458 g/mol. The van der Waals surface area contributed by atoms with Gasteiger partial charge in [-0.2, -0.15) is 28.2 Å². The molecule has 1 aliphatic heterocycles. The maximum atomic E-state index is 13.7. The quantitative estimate of drug-likeness (QED) is 0.616. The first-order valence-corrected chi connectivity index (χ1v) is 10.8. The van der Waals surface area contributed by atoms with Crippen LogP contribution in [0, 0.1) is 12.8 Å². The predicted molar refractivity (Wildman–Crippen MR) is 117 cm³/mol. The average Bonchev–Trinajstić information content (AvgIpc) is 3.32. The molecule has 1 aromatic carbocycles. The summed E-state index contributed by atoms with van der Waals surface area (Å²) < 4.78 is 38.4. The van der Waals surface area contributed by atoms with Gasteiger partial charge in [0.15, 0.2) is 0 Å². The molecular weight excluding hydrogens is 433 g/mol. The van der Waals surface area contributed by atoms with Crippen molar-refractivity contribution in [2.24, 2.45) is 5.92 Å². The molecule has 3 aromatic rings. The van der Waals surface area contributed by atoms with Gasteiger partial charge >= 0.3 is 6.18 Å². The van der Waals surface area contributed by atoms with Crippen LogP contribution in [0.3, 0.4) is 0 Å². The molecule has 0 radical (unpaired) electrons. The van der Waals surface area contributed by atoms with Crippen LogP contribution in [0.5, 0.6) is 0 Å². The number of aryl methyl sites for hydroxylation is 1. The fourth-order valence-corrected chi connectivity index (χ4v) is 4.18. The molecule has 0 bridgehead atoms. The van der Waals surface area contributed by atoms with Crippen molar-refractivity contribution in [1.29, 1.82) is 0 Å². The second-order valence-corrected chi connectivity index (χ2v) is 8.34. The van der Waals surface area contributed by atoms with Crippen LogP contribution in [-0.4, -0.2) is 49.9 Å². The van der Waals surface area contributed by atoms with E-state index in [0.717, 1.165) is 30.7 Å². The number of pyridine rings is 1. The van der Waals surface area contributed by atoms with Crippen LogP contribution in [0.2, 0.25) is 0 Å². The molecule has 0 aliphatic carbocycles. The van der Waals surface area contributed by atoms with Crippen molar-refractivity contribution in [1.82, 2.24) is 24.9 Å². The minimum absolute atomic E-state index is 0.121. The molecule has 1 N–H and O–H groups in total. The van der Waals surface area contributed by atoms with E-state index in [4.69, 9.17) is 0 Å². The molecule has 1 aliphatic rings. The van der Waals surface area contributed by atoms with Gasteiger partial charge in [-0.1, -0.05) is 18.6 Å². The van der Waals surface area contributed by atoms with Gasteiger partial charge in [0.2, 0.25) is 0 Å². The van der Waals surface area contributed by atoms with Crippen LogP contribution >= 0.6 is 0 Å². The van der Waals surface area contributed by atoms with Crippen LogP contribution < -0.4 is 5.32 Å². The summed E-state index contributed by atoms with van der Waals surface area (Å²) in [6, 6.07) is 7.74. The smallest absolute Gasteiger partial charge is 0.368 e. The second kappa shape index (κ2) is 9.21. The van der Waals surface area contributed by atoms with Gasteiger partial charge in [0.25, 0.3) is 5.91 Å². The summed E-state index contributed by atoms with van der Waals surface area (Å²) in [5, 5.41) is 11.5. The SMILES string of the molecule is Cc1ccc(-n2nccn2)c(C(=O)N2CCCC(C)C2CNc2ccc(C(F)(F)F)cn2)c1. The molecule has 1 amide bonds. The number of halogens is 3. The van der Waals surface area contributed by atoms with Crippen molar-refractivity contribution in [3.8, 4) is 5.69 Å². The van der Waals surface area contributed by atoms with Gasteiger partial charge in [-0.25, -0.2) is 4.98 Å². The Bertz CT molecular complexity index is 1100. The standard InChI is InChI=1S/C23H25F3N6O/c1-15-5-7-19(32-29-9-10-30-32)18(12-15)22(33)31-11-3-4-16(2)20(31)14-28-21-8-6-17(13-27-21)23(24,25)26/h5-10,12-13,16,20H,3-4,11,14H2,1-2H3,(H,27,28). The third kappa shape index (κ3) is 4.99. The molecular formula is C23H25F3N6O. The number of carbonyl (C=O) groups is 1. The molecule has 7 nitrogen and oxygen atoms in total. The summed E-state index contributed by atoms with van der Waals surface area (Å²) in [6.45, 7) is 4.98. The number of likely N-dealkylation sites (tertiary alicyclic amines) is 1. The Morgan fingerprint density at radius 3 is 2.61 bits per heavy atom. The number of hydrogen-bond donors (Lipinski definition) is 1. The van der Waals surface area contributed by atoms with E-state index in [1.807, 2.05) is 30.0 Å². The number of amides is 1. The van der Waals surface area contributed by atoms with Crippen molar-refractivity contribution >= 4 is 11.7 Å². The third-order valence-electron chi connectivity index (χ3n) is 5.98. The maximum Gasteiger partial charge on any atom is 0.417 e. The molecule has 3 heterocycles. The number of anilines is 1. The van der Waals surface area contributed by atoms with E-state index in [9.17, 15) is 18.0 Å². The number of rotatable bonds is 5. The number of benzene rings is 1. The molecule has 2 unspecified atom stereocenters. The Labute approximate surface area is 189 Å². The highest BCUT2D eigenvalue weighted by Crippen LogP contribution is 2.30. The number of hydrogen-bond acceptors (Lipinski definition) is 5. The number of alkyl halides is 3. The maximum absolute atomic E-state index is 13.7. The van der Waals surface area contributed by atoms with Crippen LogP contribution in [0.4, 0.5) is 19.0 Å². The number of aromatic nitrogens is 4. The minimum Gasteiger partial charge on any atom is -0.368 e. The highest BCUT2D eigenvalue weighted by atomic mass is 19.4. The van der Waals surface area contributed by atoms with Gasteiger partial charge < -0.3 is 10.2 Å². The number of carbonyl (C=O) groups excluding carboxylic acids is 1. The van der Waals surface area contributed by atoms with Crippen molar-refractivity contribution in [2.75, 3.05) is 18.4 Å². The fraction of sp³-hybridized carbons (Fsp3) is 0.391. The van der Waals surface area contributed by atoms with Gasteiger partial charge in [-0.05, 0) is 49.9 Å². The molecule has 0 saturated carbocycles. The van der Waals surface area contributed by atoms with Crippen molar-refractivity contribution in [2.45, 2.75) is 38.9 Å². The summed E-state index contributed by atoms with van der Waals surface area (Å²) in [5.41, 5.74) is 1.26. The number of nitrogens with one attached hydrogen (secondary N) is 1. The Kier molecular flexibility index (Phi) is 6.35. The van der Waals surface area contributed by atoms with E-state index in [1.165, 1.54) is 10.9 Å². The molecule has 1 saturated heterocycles. The van der Waals surface area contributed by atoms with E-state index in [2.05, 4.69) is 27.4 Å². The van der Waals surface area contributed by atoms with Crippen LogP contribution in [0.1, 0.15) is 41.3 Å². The molecule has 2 aromatic heterocycles. The first kappa shape index (κ1) is 22.8. The molecule has 1 fully saturated rings. The first-order valence-electron chi connectivity index (χ1n) is 10.8. The molecule has 4 rings (SSSR count). The van der Waals surface area contributed by atoms with Gasteiger partial charge in [-0.15, -0.1) is 0 Å². The first-order chi connectivity index (χ1) is 15.7. The Hall–Kier alpha value is -3.43. The lowest BCUT2D eigenvalue weighted by Crippen LogP contribution is -2.51.